The van der Waals surface area contributed by atoms with Gasteiger partial charge in [-0.3, -0.25) is 10.1 Å². The van der Waals surface area contributed by atoms with Crippen LogP contribution in [0.4, 0.5) is 10.4 Å². The summed E-state index contributed by atoms with van der Waals surface area (Å²) in [5, 5.41) is 10.8. The summed E-state index contributed by atoms with van der Waals surface area (Å²) >= 11 is 7.37. The van der Waals surface area contributed by atoms with Crippen LogP contribution in [0.3, 0.4) is 0 Å². The summed E-state index contributed by atoms with van der Waals surface area (Å²) in [5.41, 5.74) is 0.450. The molecule has 0 spiro atoms. The molecule has 2 aromatic carbocycles. The lowest BCUT2D eigenvalue weighted by Gasteiger charge is -2.02. The Morgan fingerprint density at radius 3 is 2.76 bits per heavy atom. The molecule has 0 aliphatic heterocycles. The molecule has 5 nitrogen and oxygen atoms in total. The standard InChI is InChI=1S/C17H13ClFN3O2S/c18-12-4-6-14(7-5-12)25-9-8-15(23)20-17-22-21-16(24-17)11-2-1-3-13(19)10-11/h1-7,10H,8-9H2,(H,20,22,23). The third kappa shape index (κ3) is 5.04. The zero-order valence-electron chi connectivity index (χ0n) is 12.9. The molecule has 128 valence electrons. The summed E-state index contributed by atoms with van der Waals surface area (Å²) in [6.45, 7) is 0. The number of aromatic nitrogens is 2. The molecular weight excluding hydrogens is 365 g/mol. The highest BCUT2D eigenvalue weighted by Gasteiger charge is 2.12. The molecule has 1 aromatic heterocycles. The van der Waals surface area contributed by atoms with Gasteiger partial charge in [0.05, 0.1) is 0 Å². The normalized spacial score (nSPS) is 10.6. The van der Waals surface area contributed by atoms with Gasteiger partial charge in [-0.2, -0.15) is 0 Å². The van der Waals surface area contributed by atoms with Crippen LogP contribution in [0, 0.1) is 5.82 Å². The van der Waals surface area contributed by atoms with Gasteiger partial charge in [0.2, 0.25) is 11.8 Å². The van der Waals surface area contributed by atoms with Gasteiger partial charge >= 0.3 is 6.01 Å². The Morgan fingerprint density at radius 2 is 2.00 bits per heavy atom. The number of rotatable bonds is 6. The van der Waals surface area contributed by atoms with Crippen molar-refractivity contribution in [3.8, 4) is 11.5 Å². The van der Waals surface area contributed by atoms with E-state index in [2.05, 4.69) is 15.5 Å². The maximum absolute atomic E-state index is 13.2. The molecule has 0 aliphatic carbocycles. The van der Waals surface area contributed by atoms with E-state index in [9.17, 15) is 9.18 Å². The van der Waals surface area contributed by atoms with Crippen molar-refractivity contribution in [3.63, 3.8) is 0 Å². The molecular formula is C17H13ClFN3O2S. The Kier molecular flexibility index (Phi) is 5.67. The molecule has 1 amide bonds. The number of halogens is 2. The molecule has 25 heavy (non-hydrogen) atoms. The zero-order chi connectivity index (χ0) is 17.6. The average molecular weight is 378 g/mol. The number of nitrogens with zero attached hydrogens (tertiary/aromatic N) is 2. The number of carbonyl (C=O) groups is 1. The van der Waals surface area contributed by atoms with Gasteiger partial charge in [-0.15, -0.1) is 16.9 Å². The molecule has 3 rings (SSSR count). The van der Waals surface area contributed by atoms with Crippen LogP contribution in [-0.4, -0.2) is 21.9 Å². The molecule has 0 atom stereocenters. The Hall–Kier alpha value is -2.38. The van der Waals surface area contributed by atoms with Gasteiger partial charge < -0.3 is 4.42 Å². The minimum atomic E-state index is -0.402. The van der Waals surface area contributed by atoms with Crippen LogP contribution < -0.4 is 5.32 Å². The summed E-state index contributed by atoms with van der Waals surface area (Å²) in [4.78, 5) is 13.0. The van der Waals surface area contributed by atoms with Crippen LogP contribution >= 0.6 is 23.4 Å². The Bertz CT molecular complexity index is 870. The molecule has 0 aliphatic rings. The largest absolute Gasteiger partial charge is 0.403 e. The highest BCUT2D eigenvalue weighted by atomic mass is 35.5. The number of carbonyl (C=O) groups excluding carboxylic acids is 1. The lowest BCUT2D eigenvalue weighted by molar-refractivity contribution is -0.115. The van der Waals surface area contributed by atoms with Gasteiger partial charge in [0.15, 0.2) is 0 Å². The van der Waals surface area contributed by atoms with E-state index >= 15 is 0 Å². The number of thioether (sulfide) groups is 1. The first-order valence-corrected chi connectivity index (χ1v) is 8.74. The topological polar surface area (TPSA) is 68.0 Å². The first kappa shape index (κ1) is 17.4. The number of amides is 1. The number of nitrogens with one attached hydrogen (secondary N) is 1. The Labute approximate surface area is 152 Å². The van der Waals surface area contributed by atoms with Crippen LogP contribution in [-0.2, 0) is 4.79 Å². The van der Waals surface area contributed by atoms with E-state index in [0.29, 0.717) is 16.3 Å². The summed E-state index contributed by atoms with van der Waals surface area (Å²) in [5.74, 6) is 0.0972. The first-order chi connectivity index (χ1) is 12.1. The molecule has 0 radical (unpaired) electrons. The van der Waals surface area contributed by atoms with Gasteiger partial charge in [-0.05, 0) is 42.5 Å². The van der Waals surface area contributed by atoms with Crippen LogP contribution in [0.15, 0.2) is 57.8 Å². The van der Waals surface area contributed by atoms with Gasteiger partial charge in [-0.1, -0.05) is 22.8 Å². The van der Waals surface area contributed by atoms with E-state index in [0.717, 1.165) is 4.90 Å². The van der Waals surface area contributed by atoms with Gasteiger partial charge in [0.1, 0.15) is 5.82 Å². The van der Waals surface area contributed by atoms with Crippen LogP contribution in [0.25, 0.3) is 11.5 Å². The second kappa shape index (κ2) is 8.13. The van der Waals surface area contributed by atoms with Crippen molar-refractivity contribution < 1.29 is 13.6 Å². The first-order valence-electron chi connectivity index (χ1n) is 7.38. The molecule has 0 saturated carbocycles. The number of hydrogen-bond donors (Lipinski definition) is 1. The predicted molar refractivity (Wildman–Crippen MR) is 95.1 cm³/mol. The monoisotopic (exact) mass is 377 g/mol. The van der Waals surface area contributed by atoms with E-state index in [4.69, 9.17) is 16.0 Å². The molecule has 0 bridgehead atoms. The summed E-state index contributed by atoms with van der Waals surface area (Å²) in [6, 6.07) is 13.2. The Morgan fingerprint density at radius 1 is 1.20 bits per heavy atom. The summed E-state index contributed by atoms with van der Waals surface area (Å²) in [7, 11) is 0. The van der Waals surface area contributed by atoms with E-state index in [1.165, 1.54) is 12.1 Å². The minimum absolute atomic E-state index is 0.0132. The number of benzene rings is 2. The predicted octanol–water partition coefficient (Wildman–Crippen LogP) is 4.65. The molecule has 8 heteroatoms. The second-order valence-electron chi connectivity index (χ2n) is 5.02. The van der Waals surface area contributed by atoms with Crippen LogP contribution in [0.5, 0.6) is 0 Å². The second-order valence-corrected chi connectivity index (χ2v) is 6.63. The van der Waals surface area contributed by atoms with Gasteiger partial charge in [0.25, 0.3) is 0 Å². The average Bonchev–Trinajstić information content (AvgIpc) is 3.05. The third-order valence-corrected chi connectivity index (χ3v) is 4.42. The summed E-state index contributed by atoms with van der Waals surface area (Å²) in [6.07, 6.45) is 0.283. The highest BCUT2D eigenvalue weighted by Crippen LogP contribution is 2.22. The lowest BCUT2D eigenvalue weighted by atomic mass is 10.2. The van der Waals surface area contributed by atoms with Crippen molar-refractivity contribution in [2.45, 2.75) is 11.3 Å². The maximum Gasteiger partial charge on any atom is 0.322 e. The molecule has 0 unspecified atom stereocenters. The van der Waals surface area contributed by atoms with Crippen molar-refractivity contribution >= 4 is 35.3 Å². The maximum atomic E-state index is 13.2. The van der Waals surface area contributed by atoms with Crippen LogP contribution in [0.2, 0.25) is 5.02 Å². The number of hydrogen-bond acceptors (Lipinski definition) is 5. The fourth-order valence-electron chi connectivity index (χ4n) is 1.99. The minimum Gasteiger partial charge on any atom is -0.403 e. The Balaban J connectivity index is 1.50. The highest BCUT2D eigenvalue weighted by molar-refractivity contribution is 7.99. The summed E-state index contributed by atoms with van der Waals surface area (Å²) < 4.78 is 18.5. The van der Waals surface area contributed by atoms with E-state index in [1.807, 2.05) is 12.1 Å². The van der Waals surface area contributed by atoms with E-state index in [1.54, 1.807) is 36.0 Å². The fourth-order valence-corrected chi connectivity index (χ4v) is 2.96. The molecule has 3 aromatic rings. The molecule has 1 N–H and O–H groups in total. The van der Waals surface area contributed by atoms with Gasteiger partial charge in [0, 0.05) is 27.7 Å². The zero-order valence-corrected chi connectivity index (χ0v) is 14.5. The number of anilines is 1. The SMILES string of the molecule is O=C(CCSc1ccc(Cl)cc1)Nc1nnc(-c2cccc(F)c2)o1. The van der Waals surface area contributed by atoms with Crippen molar-refractivity contribution in [1.29, 1.82) is 0 Å². The third-order valence-electron chi connectivity index (χ3n) is 3.15. The lowest BCUT2D eigenvalue weighted by Crippen LogP contribution is -2.12. The van der Waals surface area contributed by atoms with E-state index in [-0.39, 0.29) is 24.2 Å². The quantitative estimate of drug-likeness (QED) is 0.633. The van der Waals surface area contributed by atoms with Crippen molar-refractivity contribution in [2.24, 2.45) is 0 Å². The van der Waals surface area contributed by atoms with Crippen molar-refractivity contribution in [3.05, 3.63) is 59.4 Å². The van der Waals surface area contributed by atoms with Crippen molar-refractivity contribution in [1.82, 2.24) is 10.2 Å². The van der Waals surface area contributed by atoms with Gasteiger partial charge in [-0.25, -0.2) is 4.39 Å². The molecule has 0 fully saturated rings. The fraction of sp³-hybridized carbons (Fsp3) is 0.118. The molecule has 0 saturated heterocycles. The van der Waals surface area contributed by atoms with Crippen LogP contribution in [0.1, 0.15) is 6.42 Å². The smallest absolute Gasteiger partial charge is 0.322 e. The van der Waals surface area contributed by atoms with Crippen molar-refractivity contribution in [2.75, 3.05) is 11.1 Å². The van der Waals surface area contributed by atoms with E-state index < -0.39 is 5.82 Å². The molecule has 1 heterocycles.